The van der Waals surface area contributed by atoms with Crippen molar-refractivity contribution in [1.29, 1.82) is 0 Å². The highest BCUT2D eigenvalue weighted by molar-refractivity contribution is 6.08. The van der Waals surface area contributed by atoms with Crippen molar-refractivity contribution < 1.29 is 19.2 Å². The topological polar surface area (TPSA) is 78.7 Å². The molecule has 0 radical (unpaired) electrons. The van der Waals surface area contributed by atoms with Crippen molar-refractivity contribution in [2.45, 2.75) is 0 Å². The van der Waals surface area contributed by atoms with E-state index in [-0.39, 0.29) is 11.5 Å². The zero-order valence-electron chi connectivity index (χ0n) is 12.7. The molecule has 0 spiro atoms. The molecule has 0 aliphatic carbocycles. The maximum Gasteiger partial charge on any atom is 0.270 e. The first kappa shape index (κ1) is 16.2. The molecule has 6 heteroatoms. The molecule has 2 aromatic rings. The average molecular weight is 313 g/mol. The highest BCUT2D eigenvalue weighted by Crippen LogP contribution is 2.25. The van der Waals surface area contributed by atoms with Crippen molar-refractivity contribution >= 4 is 17.5 Å². The molecule has 0 aromatic heterocycles. The van der Waals surface area contributed by atoms with E-state index < -0.39 is 4.92 Å². The van der Waals surface area contributed by atoms with Crippen molar-refractivity contribution in [2.75, 3.05) is 14.2 Å². The first-order valence-electron chi connectivity index (χ1n) is 6.74. The number of methoxy groups -OCH3 is 2. The number of carbonyl (C=O) groups excluding carboxylic acids is 1. The number of carbonyl (C=O) groups is 1. The highest BCUT2D eigenvalue weighted by Gasteiger charge is 2.11. The summed E-state index contributed by atoms with van der Waals surface area (Å²) in [7, 11) is 2.99. The molecule has 0 unspecified atom stereocenters. The number of allylic oxidation sites excluding steroid dienone is 1. The van der Waals surface area contributed by atoms with Crippen molar-refractivity contribution in [3.8, 4) is 11.5 Å². The van der Waals surface area contributed by atoms with E-state index in [1.54, 1.807) is 30.3 Å². The van der Waals surface area contributed by atoms with Gasteiger partial charge in [-0.25, -0.2) is 0 Å². The minimum Gasteiger partial charge on any atom is -0.497 e. The molecule has 0 fully saturated rings. The van der Waals surface area contributed by atoms with Crippen LogP contribution in [0, 0.1) is 10.1 Å². The summed E-state index contributed by atoms with van der Waals surface area (Å²) in [5.74, 6) is 0.718. The Morgan fingerprint density at radius 1 is 1.13 bits per heavy atom. The number of nitro benzene ring substituents is 1. The molecular weight excluding hydrogens is 298 g/mol. The van der Waals surface area contributed by atoms with Crippen LogP contribution in [0.15, 0.2) is 48.5 Å². The van der Waals surface area contributed by atoms with Crippen molar-refractivity contribution in [1.82, 2.24) is 0 Å². The Balaban J connectivity index is 2.25. The Bertz CT molecular complexity index is 767. The van der Waals surface area contributed by atoms with Crippen LogP contribution in [0.25, 0.3) is 6.08 Å². The van der Waals surface area contributed by atoms with Gasteiger partial charge in [-0.05, 0) is 23.8 Å². The molecule has 0 bridgehead atoms. The SMILES string of the molecule is COc1ccc(C(=O)C=Cc2cccc([N+](=O)[O-])c2)c(OC)c1. The van der Waals surface area contributed by atoms with Gasteiger partial charge in [0, 0.05) is 18.2 Å². The van der Waals surface area contributed by atoms with Gasteiger partial charge >= 0.3 is 0 Å². The molecule has 2 rings (SSSR count). The first-order chi connectivity index (χ1) is 11.0. The molecule has 0 amide bonds. The Labute approximate surface area is 133 Å². The lowest BCUT2D eigenvalue weighted by molar-refractivity contribution is -0.384. The van der Waals surface area contributed by atoms with Gasteiger partial charge in [0.1, 0.15) is 11.5 Å². The summed E-state index contributed by atoms with van der Waals surface area (Å²) in [4.78, 5) is 22.5. The second kappa shape index (κ2) is 7.22. The van der Waals surface area contributed by atoms with Crippen LogP contribution in [-0.2, 0) is 0 Å². The lowest BCUT2D eigenvalue weighted by atomic mass is 10.1. The van der Waals surface area contributed by atoms with Crippen LogP contribution in [-0.4, -0.2) is 24.9 Å². The molecule has 2 aromatic carbocycles. The van der Waals surface area contributed by atoms with Gasteiger partial charge in [0.05, 0.1) is 24.7 Å². The quantitative estimate of drug-likeness (QED) is 0.353. The fourth-order valence-corrected chi connectivity index (χ4v) is 2.01. The number of rotatable bonds is 6. The van der Waals surface area contributed by atoms with Crippen molar-refractivity contribution in [2.24, 2.45) is 0 Å². The smallest absolute Gasteiger partial charge is 0.270 e. The molecule has 23 heavy (non-hydrogen) atoms. The van der Waals surface area contributed by atoms with Crippen LogP contribution in [0.3, 0.4) is 0 Å². The minimum atomic E-state index is -0.480. The maximum atomic E-state index is 12.3. The molecular formula is C17H15NO5. The Morgan fingerprint density at radius 3 is 2.57 bits per heavy atom. The molecule has 0 aliphatic heterocycles. The van der Waals surface area contributed by atoms with Gasteiger partial charge in [-0.15, -0.1) is 0 Å². The van der Waals surface area contributed by atoms with Gasteiger partial charge in [0.2, 0.25) is 0 Å². The van der Waals surface area contributed by atoms with Gasteiger partial charge in [0.25, 0.3) is 5.69 Å². The molecule has 0 aliphatic rings. The molecule has 0 heterocycles. The van der Waals surface area contributed by atoms with E-state index in [0.29, 0.717) is 22.6 Å². The molecule has 6 nitrogen and oxygen atoms in total. The van der Waals surface area contributed by atoms with E-state index in [9.17, 15) is 14.9 Å². The van der Waals surface area contributed by atoms with E-state index in [1.165, 1.54) is 38.5 Å². The van der Waals surface area contributed by atoms with E-state index in [0.717, 1.165) is 0 Å². The Hall–Kier alpha value is -3.15. The van der Waals surface area contributed by atoms with Gasteiger partial charge in [-0.1, -0.05) is 18.2 Å². The molecule has 0 atom stereocenters. The summed E-state index contributed by atoms with van der Waals surface area (Å²) in [5.41, 5.74) is 0.927. The van der Waals surface area contributed by atoms with Crippen LogP contribution in [0.5, 0.6) is 11.5 Å². The molecule has 0 saturated heterocycles. The van der Waals surface area contributed by atoms with Gasteiger partial charge < -0.3 is 9.47 Å². The van der Waals surface area contributed by atoms with Crippen LogP contribution in [0.2, 0.25) is 0 Å². The maximum absolute atomic E-state index is 12.3. The Kier molecular flexibility index (Phi) is 5.09. The number of ether oxygens (including phenoxy) is 2. The molecule has 0 N–H and O–H groups in total. The summed E-state index contributed by atoms with van der Waals surface area (Å²) in [5, 5.41) is 10.7. The summed E-state index contributed by atoms with van der Waals surface area (Å²) in [6, 6.07) is 10.9. The summed E-state index contributed by atoms with van der Waals surface area (Å²) < 4.78 is 10.3. The van der Waals surface area contributed by atoms with Crippen molar-refractivity contribution in [3.05, 3.63) is 69.8 Å². The fourth-order valence-electron chi connectivity index (χ4n) is 2.01. The normalized spacial score (nSPS) is 10.5. The third-order valence-corrected chi connectivity index (χ3v) is 3.18. The third-order valence-electron chi connectivity index (χ3n) is 3.18. The number of nitro groups is 1. The van der Waals surface area contributed by atoms with Crippen LogP contribution >= 0.6 is 0 Å². The van der Waals surface area contributed by atoms with Crippen LogP contribution in [0.4, 0.5) is 5.69 Å². The second-order valence-corrected chi connectivity index (χ2v) is 4.62. The number of hydrogen-bond donors (Lipinski definition) is 0. The van der Waals surface area contributed by atoms with E-state index in [2.05, 4.69) is 0 Å². The van der Waals surface area contributed by atoms with Crippen molar-refractivity contribution in [3.63, 3.8) is 0 Å². The predicted molar refractivity (Wildman–Crippen MR) is 86.0 cm³/mol. The first-order valence-corrected chi connectivity index (χ1v) is 6.74. The predicted octanol–water partition coefficient (Wildman–Crippen LogP) is 3.51. The van der Waals surface area contributed by atoms with E-state index in [4.69, 9.17) is 9.47 Å². The minimum absolute atomic E-state index is 0.0263. The number of nitrogens with zero attached hydrogens (tertiary/aromatic N) is 1. The summed E-state index contributed by atoms with van der Waals surface area (Å²) >= 11 is 0. The Morgan fingerprint density at radius 2 is 1.91 bits per heavy atom. The van der Waals surface area contributed by atoms with E-state index in [1.807, 2.05) is 0 Å². The lowest BCUT2D eigenvalue weighted by Crippen LogP contribution is -1.99. The van der Waals surface area contributed by atoms with E-state index >= 15 is 0 Å². The largest absolute Gasteiger partial charge is 0.497 e. The monoisotopic (exact) mass is 313 g/mol. The fraction of sp³-hybridized carbons (Fsp3) is 0.118. The summed E-state index contributed by atoms with van der Waals surface area (Å²) in [6.07, 6.45) is 2.88. The second-order valence-electron chi connectivity index (χ2n) is 4.62. The highest BCUT2D eigenvalue weighted by atomic mass is 16.6. The average Bonchev–Trinajstić information content (AvgIpc) is 2.59. The number of ketones is 1. The standard InChI is InChI=1S/C17H15NO5/c1-22-14-7-8-15(17(11-14)23-2)16(19)9-6-12-4-3-5-13(10-12)18(20)21/h3-11H,1-2H3. The summed E-state index contributed by atoms with van der Waals surface area (Å²) in [6.45, 7) is 0. The molecule has 0 saturated carbocycles. The zero-order valence-corrected chi connectivity index (χ0v) is 12.7. The number of non-ortho nitro benzene ring substituents is 1. The van der Waals surface area contributed by atoms with Gasteiger partial charge in [-0.2, -0.15) is 0 Å². The number of benzene rings is 2. The van der Waals surface area contributed by atoms with Gasteiger partial charge in [-0.3, -0.25) is 14.9 Å². The third kappa shape index (κ3) is 3.94. The van der Waals surface area contributed by atoms with Crippen LogP contribution in [0.1, 0.15) is 15.9 Å². The lowest BCUT2D eigenvalue weighted by Gasteiger charge is -2.07. The number of hydrogen-bond acceptors (Lipinski definition) is 5. The van der Waals surface area contributed by atoms with Crippen LogP contribution < -0.4 is 9.47 Å². The zero-order chi connectivity index (χ0) is 16.8. The molecule has 118 valence electrons. The van der Waals surface area contributed by atoms with Gasteiger partial charge in [0.15, 0.2) is 5.78 Å².